The van der Waals surface area contributed by atoms with Crippen LogP contribution in [-0.2, 0) is 4.79 Å². The molecule has 0 atom stereocenters. The Hall–Kier alpha value is -1.44. The van der Waals surface area contributed by atoms with E-state index in [-0.39, 0.29) is 11.6 Å². The molecule has 68 valence electrons. The summed E-state index contributed by atoms with van der Waals surface area (Å²) in [6.07, 6.45) is 2.87. The Morgan fingerprint density at radius 2 is 2.15 bits per heavy atom. The van der Waals surface area contributed by atoms with Gasteiger partial charge in [0.05, 0.1) is 0 Å². The molecule has 2 heteroatoms. The van der Waals surface area contributed by atoms with E-state index < -0.39 is 0 Å². The maximum atomic E-state index is 13.1. The molecule has 0 heterocycles. The number of halogens is 1. The van der Waals surface area contributed by atoms with Crippen LogP contribution in [0.1, 0.15) is 18.1 Å². The van der Waals surface area contributed by atoms with E-state index in [0.717, 1.165) is 5.56 Å². The van der Waals surface area contributed by atoms with E-state index >= 15 is 0 Å². The summed E-state index contributed by atoms with van der Waals surface area (Å²) in [5, 5.41) is 0. The largest absolute Gasteiger partial charge is 0.295 e. The molecule has 0 aliphatic rings. The Labute approximate surface area is 76.9 Å². The molecule has 1 aromatic carbocycles. The Kier molecular flexibility index (Phi) is 2.96. The maximum Gasteiger partial charge on any atom is 0.152 e. The first-order valence-corrected chi connectivity index (χ1v) is 4.05. The lowest BCUT2D eigenvalue weighted by Crippen LogP contribution is -1.87. The molecular formula is C11H11FO. The Balaban J connectivity index is 3.06. The van der Waals surface area contributed by atoms with Gasteiger partial charge in [-0.05, 0) is 37.6 Å². The van der Waals surface area contributed by atoms with Crippen LogP contribution in [0.4, 0.5) is 4.39 Å². The highest BCUT2D eigenvalue weighted by molar-refractivity contribution is 5.91. The molecule has 0 aliphatic carbocycles. The second kappa shape index (κ2) is 3.99. The number of ketones is 1. The monoisotopic (exact) mass is 178 g/mol. The van der Waals surface area contributed by atoms with Crippen molar-refractivity contribution in [3.63, 3.8) is 0 Å². The van der Waals surface area contributed by atoms with Crippen molar-refractivity contribution < 1.29 is 9.18 Å². The lowest BCUT2D eigenvalue weighted by molar-refractivity contribution is -0.112. The molecule has 0 aliphatic heterocycles. The van der Waals surface area contributed by atoms with Crippen LogP contribution in [0.15, 0.2) is 24.3 Å². The molecular weight excluding hydrogens is 167 g/mol. The van der Waals surface area contributed by atoms with Crippen molar-refractivity contribution in [3.05, 3.63) is 41.2 Å². The summed E-state index contributed by atoms with van der Waals surface area (Å²) in [6.45, 7) is 3.25. The lowest BCUT2D eigenvalue weighted by Gasteiger charge is -2.00. The van der Waals surface area contributed by atoms with Gasteiger partial charge in [0.2, 0.25) is 0 Å². The summed E-state index contributed by atoms with van der Waals surface area (Å²) >= 11 is 0. The third-order valence-corrected chi connectivity index (χ3v) is 1.76. The Bertz CT molecular complexity index is 333. The second-order valence-corrected chi connectivity index (χ2v) is 2.91. The molecule has 1 nitrogen and oxygen atoms in total. The van der Waals surface area contributed by atoms with Gasteiger partial charge in [0, 0.05) is 5.56 Å². The Morgan fingerprint density at radius 3 is 2.69 bits per heavy atom. The highest BCUT2D eigenvalue weighted by atomic mass is 19.1. The smallest absolute Gasteiger partial charge is 0.152 e. The van der Waals surface area contributed by atoms with Crippen molar-refractivity contribution in [3.8, 4) is 0 Å². The molecule has 0 spiro atoms. The molecule has 0 unspecified atom stereocenters. The average molecular weight is 178 g/mol. The number of rotatable bonds is 2. The lowest BCUT2D eigenvalue weighted by atomic mass is 10.1. The minimum Gasteiger partial charge on any atom is -0.295 e. The van der Waals surface area contributed by atoms with Crippen LogP contribution in [-0.4, -0.2) is 5.78 Å². The minimum absolute atomic E-state index is 0.0809. The minimum atomic E-state index is -0.294. The fourth-order valence-corrected chi connectivity index (χ4v) is 1.06. The molecule has 0 radical (unpaired) electrons. The standard InChI is InChI=1S/C11H11FO/c1-8-4-3-5-11(12)10(8)7-6-9(2)13/h3-7H,1-2H3/b7-6+. The maximum absolute atomic E-state index is 13.1. The van der Waals surface area contributed by atoms with Gasteiger partial charge in [-0.2, -0.15) is 0 Å². The van der Waals surface area contributed by atoms with Crippen LogP contribution < -0.4 is 0 Å². The molecule has 0 saturated carbocycles. The van der Waals surface area contributed by atoms with Crippen molar-refractivity contribution in [2.45, 2.75) is 13.8 Å². The van der Waals surface area contributed by atoms with E-state index in [4.69, 9.17) is 0 Å². The summed E-state index contributed by atoms with van der Waals surface area (Å²) in [7, 11) is 0. The number of carbonyl (C=O) groups excluding carboxylic acids is 1. The van der Waals surface area contributed by atoms with Crippen LogP contribution >= 0.6 is 0 Å². The van der Waals surface area contributed by atoms with Gasteiger partial charge in [-0.15, -0.1) is 0 Å². The van der Waals surface area contributed by atoms with E-state index in [0.29, 0.717) is 5.56 Å². The first-order chi connectivity index (χ1) is 6.11. The van der Waals surface area contributed by atoms with Crippen molar-refractivity contribution in [1.82, 2.24) is 0 Å². The fraction of sp³-hybridized carbons (Fsp3) is 0.182. The van der Waals surface area contributed by atoms with Gasteiger partial charge in [0.15, 0.2) is 5.78 Å². The van der Waals surface area contributed by atoms with Gasteiger partial charge < -0.3 is 0 Å². The number of benzene rings is 1. The van der Waals surface area contributed by atoms with Crippen LogP contribution in [0.2, 0.25) is 0 Å². The molecule has 0 N–H and O–H groups in total. The van der Waals surface area contributed by atoms with Crippen LogP contribution in [0, 0.1) is 12.7 Å². The quantitative estimate of drug-likeness (QED) is 0.636. The van der Waals surface area contributed by atoms with Crippen molar-refractivity contribution >= 4 is 11.9 Å². The summed E-state index contributed by atoms with van der Waals surface area (Å²) in [5.41, 5.74) is 1.32. The number of carbonyl (C=O) groups is 1. The van der Waals surface area contributed by atoms with Crippen molar-refractivity contribution in [1.29, 1.82) is 0 Å². The molecule has 0 fully saturated rings. The zero-order valence-electron chi connectivity index (χ0n) is 7.67. The van der Waals surface area contributed by atoms with Crippen molar-refractivity contribution in [2.24, 2.45) is 0 Å². The SMILES string of the molecule is CC(=O)/C=C/c1c(C)cccc1F. The zero-order chi connectivity index (χ0) is 9.84. The summed E-state index contributed by atoms with van der Waals surface area (Å²) in [4.78, 5) is 10.6. The van der Waals surface area contributed by atoms with Crippen LogP contribution in [0.3, 0.4) is 0 Å². The topological polar surface area (TPSA) is 17.1 Å². The van der Waals surface area contributed by atoms with E-state index in [9.17, 15) is 9.18 Å². The predicted molar refractivity (Wildman–Crippen MR) is 50.9 cm³/mol. The third-order valence-electron chi connectivity index (χ3n) is 1.76. The first kappa shape index (κ1) is 9.65. The highest BCUT2D eigenvalue weighted by Gasteiger charge is 2.00. The number of hydrogen-bond acceptors (Lipinski definition) is 1. The van der Waals surface area contributed by atoms with E-state index in [1.54, 1.807) is 6.07 Å². The molecule has 1 rings (SSSR count). The second-order valence-electron chi connectivity index (χ2n) is 2.91. The summed E-state index contributed by atoms with van der Waals surface area (Å²) < 4.78 is 13.1. The van der Waals surface area contributed by atoms with Gasteiger partial charge in [-0.1, -0.05) is 12.1 Å². The van der Waals surface area contributed by atoms with Gasteiger partial charge in [0.1, 0.15) is 5.82 Å². The van der Waals surface area contributed by atoms with Gasteiger partial charge >= 0.3 is 0 Å². The molecule has 0 amide bonds. The number of allylic oxidation sites excluding steroid dienone is 1. The average Bonchev–Trinajstić information content (AvgIpc) is 2.03. The highest BCUT2D eigenvalue weighted by Crippen LogP contribution is 2.13. The molecule has 1 aromatic rings. The number of aryl methyl sites for hydroxylation is 1. The van der Waals surface area contributed by atoms with Crippen molar-refractivity contribution in [2.75, 3.05) is 0 Å². The predicted octanol–water partition coefficient (Wildman–Crippen LogP) is 2.74. The Morgan fingerprint density at radius 1 is 1.46 bits per heavy atom. The van der Waals surface area contributed by atoms with Crippen LogP contribution in [0.5, 0.6) is 0 Å². The number of hydrogen-bond donors (Lipinski definition) is 0. The zero-order valence-corrected chi connectivity index (χ0v) is 7.67. The molecule has 0 aromatic heterocycles. The van der Waals surface area contributed by atoms with Gasteiger partial charge in [-0.3, -0.25) is 4.79 Å². The summed E-state index contributed by atoms with van der Waals surface area (Å²) in [5.74, 6) is -0.375. The van der Waals surface area contributed by atoms with Gasteiger partial charge in [-0.25, -0.2) is 4.39 Å². The first-order valence-electron chi connectivity index (χ1n) is 4.05. The van der Waals surface area contributed by atoms with E-state index in [1.165, 1.54) is 25.1 Å². The third kappa shape index (κ3) is 2.51. The molecule has 13 heavy (non-hydrogen) atoms. The van der Waals surface area contributed by atoms with E-state index in [2.05, 4.69) is 0 Å². The normalized spacial score (nSPS) is 10.7. The molecule has 0 bridgehead atoms. The van der Waals surface area contributed by atoms with E-state index in [1.807, 2.05) is 13.0 Å². The van der Waals surface area contributed by atoms with Gasteiger partial charge in [0.25, 0.3) is 0 Å². The van der Waals surface area contributed by atoms with Crippen LogP contribution in [0.25, 0.3) is 6.08 Å². The molecule has 0 saturated heterocycles. The summed E-state index contributed by atoms with van der Waals surface area (Å²) in [6, 6.07) is 4.84. The fourth-order valence-electron chi connectivity index (χ4n) is 1.06.